The zero-order chi connectivity index (χ0) is 25.0. The number of halogens is 2. The maximum Gasteiger partial charge on any atom is 0.323 e. The smallest absolute Gasteiger partial charge is 0.323 e. The number of likely N-dealkylation sites (tertiary alicyclic amines) is 1. The maximum absolute atomic E-state index is 12.8. The first-order valence-corrected chi connectivity index (χ1v) is 14.3. The molecule has 3 N–H and O–H groups in total. The lowest BCUT2D eigenvalue weighted by molar-refractivity contribution is -0.149. The van der Waals surface area contributed by atoms with Crippen LogP contribution in [0.3, 0.4) is 0 Å². The summed E-state index contributed by atoms with van der Waals surface area (Å²) in [6, 6.07) is 7.73. The van der Waals surface area contributed by atoms with Crippen LogP contribution in [0.15, 0.2) is 30.3 Å². The molecule has 37 heavy (non-hydrogen) atoms. The molecule has 12 heteroatoms. The lowest BCUT2D eigenvalue weighted by Gasteiger charge is -2.42. The number of hydrogen-bond donors (Lipinski definition) is 3. The Balaban J connectivity index is 0.00000241. The van der Waals surface area contributed by atoms with Gasteiger partial charge >= 0.3 is 11.9 Å². The fraction of sp³-hybridized carbons (Fsp3) is 0.680. The van der Waals surface area contributed by atoms with E-state index in [1.807, 2.05) is 18.2 Å². The van der Waals surface area contributed by atoms with Gasteiger partial charge in [0.15, 0.2) is 0 Å². The van der Waals surface area contributed by atoms with E-state index in [-0.39, 0.29) is 49.2 Å². The van der Waals surface area contributed by atoms with Gasteiger partial charge in [-0.15, -0.1) is 24.8 Å². The first-order valence-electron chi connectivity index (χ1n) is 12.6. The van der Waals surface area contributed by atoms with Gasteiger partial charge in [-0.3, -0.25) is 14.5 Å². The van der Waals surface area contributed by atoms with Gasteiger partial charge in [0.25, 0.3) is 0 Å². The SMILES string of the molecule is CCOC(=O)[C@@H]1C[C@H](NS(=O)(=O)Cc2ccccc2)CN1C[C@H]1CC[C@H]2CN[C@H](C(=O)O)C[C@H]2C1.Cl.Cl. The van der Waals surface area contributed by atoms with Crippen LogP contribution in [0.2, 0.25) is 0 Å². The van der Waals surface area contributed by atoms with Crippen molar-refractivity contribution >= 4 is 46.8 Å². The highest BCUT2D eigenvalue weighted by molar-refractivity contribution is 7.88. The molecule has 2 heterocycles. The van der Waals surface area contributed by atoms with Gasteiger partial charge in [0.05, 0.1) is 12.4 Å². The van der Waals surface area contributed by atoms with Crippen molar-refractivity contribution in [2.75, 3.05) is 26.2 Å². The summed E-state index contributed by atoms with van der Waals surface area (Å²) in [4.78, 5) is 26.3. The lowest BCUT2D eigenvalue weighted by atomic mass is 9.69. The molecule has 1 aromatic rings. The minimum atomic E-state index is -3.56. The van der Waals surface area contributed by atoms with Crippen LogP contribution in [0, 0.1) is 17.8 Å². The molecular formula is C25H39Cl2N3O6S. The molecule has 2 saturated heterocycles. The van der Waals surface area contributed by atoms with E-state index in [0.717, 1.165) is 31.4 Å². The number of carboxylic acid groups (broad SMARTS) is 1. The highest BCUT2D eigenvalue weighted by atomic mass is 35.5. The van der Waals surface area contributed by atoms with Crippen LogP contribution in [0.1, 0.15) is 44.6 Å². The van der Waals surface area contributed by atoms with E-state index in [4.69, 9.17) is 4.74 Å². The van der Waals surface area contributed by atoms with Crippen LogP contribution >= 0.6 is 24.8 Å². The second-order valence-corrected chi connectivity index (χ2v) is 12.0. The molecule has 1 aliphatic carbocycles. The molecule has 0 unspecified atom stereocenters. The number of piperidine rings is 1. The predicted octanol–water partition coefficient (Wildman–Crippen LogP) is 2.43. The standard InChI is InChI=1S/C25H37N3O6S.2ClH/c1-2-34-25(31)23-12-21(27-35(32,33)16-17-6-4-3-5-7-17)15-28(23)14-18-8-9-19-13-26-22(24(29)30)11-20(19)10-18;;/h3-7,18-23,26-27H,2,8-16H2,1H3,(H,29,30);2*1H/t18-,19-,20+,21-,22-,23-;;/m0../s1. The number of benzene rings is 1. The van der Waals surface area contributed by atoms with Gasteiger partial charge < -0.3 is 15.2 Å². The summed E-state index contributed by atoms with van der Waals surface area (Å²) < 4.78 is 33.7. The first-order chi connectivity index (χ1) is 16.7. The van der Waals surface area contributed by atoms with E-state index in [0.29, 0.717) is 43.7 Å². The third-order valence-corrected chi connectivity index (χ3v) is 9.12. The summed E-state index contributed by atoms with van der Waals surface area (Å²) in [5.74, 6) is 0.00909. The Bertz CT molecular complexity index is 999. The van der Waals surface area contributed by atoms with Crippen LogP contribution in [0.4, 0.5) is 0 Å². The number of rotatable bonds is 9. The molecule has 3 aliphatic rings. The van der Waals surface area contributed by atoms with E-state index in [1.54, 1.807) is 19.1 Å². The van der Waals surface area contributed by atoms with E-state index in [2.05, 4.69) is 14.9 Å². The third kappa shape index (κ3) is 8.53. The molecule has 1 aromatic carbocycles. The quantitative estimate of drug-likeness (QED) is 0.381. The van der Waals surface area contributed by atoms with Crippen molar-refractivity contribution in [2.24, 2.45) is 17.8 Å². The summed E-state index contributed by atoms with van der Waals surface area (Å²) in [5.41, 5.74) is 0.718. The Hall–Kier alpha value is -1.43. The summed E-state index contributed by atoms with van der Waals surface area (Å²) in [7, 11) is -3.56. The molecule has 0 aromatic heterocycles. The molecule has 210 valence electrons. The van der Waals surface area contributed by atoms with Crippen LogP contribution in [0.5, 0.6) is 0 Å². The second kappa shape index (κ2) is 14.1. The van der Waals surface area contributed by atoms with Gasteiger partial charge in [-0.2, -0.15) is 0 Å². The number of ether oxygens (including phenoxy) is 1. The molecule has 0 bridgehead atoms. The van der Waals surface area contributed by atoms with Gasteiger partial charge in [-0.05, 0) is 68.9 Å². The van der Waals surface area contributed by atoms with Crippen molar-refractivity contribution in [3.8, 4) is 0 Å². The van der Waals surface area contributed by atoms with Gasteiger partial charge in [-0.1, -0.05) is 30.3 Å². The number of sulfonamides is 1. The minimum absolute atomic E-state index is 0. The monoisotopic (exact) mass is 579 g/mol. The molecule has 9 nitrogen and oxygen atoms in total. The van der Waals surface area contributed by atoms with E-state index in [1.165, 1.54) is 0 Å². The maximum atomic E-state index is 12.8. The molecule has 0 amide bonds. The Morgan fingerprint density at radius 1 is 1.11 bits per heavy atom. The van der Waals surface area contributed by atoms with Crippen molar-refractivity contribution in [1.29, 1.82) is 0 Å². The largest absolute Gasteiger partial charge is 0.480 e. The summed E-state index contributed by atoms with van der Waals surface area (Å²) in [6.07, 6.45) is 4.03. The molecule has 2 aliphatic heterocycles. The number of hydrogen-bond acceptors (Lipinski definition) is 7. The van der Waals surface area contributed by atoms with Crippen LogP contribution in [-0.2, 0) is 30.1 Å². The van der Waals surface area contributed by atoms with Gasteiger partial charge in [-0.25, -0.2) is 13.1 Å². The van der Waals surface area contributed by atoms with Crippen molar-refractivity contribution in [1.82, 2.24) is 14.9 Å². The van der Waals surface area contributed by atoms with E-state index < -0.39 is 28.1 Å². The predicted molar refractivity (Wildman–Crippen MR) is 145 cm³/mol. The third-order valence-electron chi connectivity index (χ3n) is 7.71. The Kier molecular flexibility index (Phi) is 12.1. The van der Waals surface area contributed by atoms with Gasteiger partial charge in [0.2, 0.25) is 10.0 Å². The van der Waals surface area contributed by atoms with Crippen LogP contribution in [0.25, 0.3) is 0 Å². The summed E-state index contributed by atoms with van der Waals surface area (Å²) >= 11 is 0. The zero-order valence-corrected chi connectivity index (χ0v) is 23.5. The fourth-order valence-electron chi connectivity index (χ4n) is 6.11. The normalized spacial score (nSPS) is 29.9. The van der Waals surface area contributed by atoms with Crippen molar-refractivity contribution in [3.63, 3.8) is 0 Å². The number of fused-ring (bicyclic) bond motifs is 1. The van der Waals surface area contributed by atoms with Crippen LogP contribution < -0.4 is 10.0 Å². The molecule has 3 fully saturated rings. The molecule has 4 rings (SSSR count). The molecule has 0 radical (unpaired) electrons. The molecule has 1 saturated carbocycles. The number of carboxylic acids is 1. The topological polar surface area (TPSA) is 125 Å². The highest BCUT2D eigenvalue weighted by Gasteiger charge is 2.42. The van der Waals surface area contributed by atoms with Crippen molar-refractivity contribution in [2.45, 2.75) is 62.9 Å². The molecular weight excluding hydrogens is 541 g/mol. The van der Waals surface area contributed by atoms with E-state index in [9.17, 15) is 23.1 Å². The second-order valence-electron chi connectivity index (χ2n) is 10.3. The number of carbonyl (C=O) groups excluding carboxylic acids is 1. The van der Waals surface area contributed by atoms with Gasteiger partial charge in [0.1, 0.15) is 12.1 Å². The molecule has 0 spiro atoms. The Morgan fingerprint density at radius 3 is 2.51 bits per heavy atom. The average Bonchev–Trinajstić information content (AvgIpc) is 3.20. The lowest BCUT2D eigenvalue weighted by Crippen LogP contribution is -2.50. The zero-order valence-electron chi connectivity index (χ0n) is 21.1. The Labute approximate surface area is 232 Å². The molecule has 6 atom stereocenters. The number of nitrogens with zero attached hydrogens (tertiary/aromatic N) is 1. The highest BCUT2D eigenvalue weighted by Crippen LogP contribution is 2.39. The number of carbonyl (C=O) groups is 2. The first kappa shape index (κ1) is 31.8. The Morgan fingerprint density at radius 2 is 1.84 bits per heavy atom. The average molecular weight is 581 g/mol. The van der Waals surface area contributed by atoms with Crippen LogP contribution in [-0.4, -0.2) is 74.7 Å². The number of nitrogens with one attached hydrogen (secondary N) is 2. The summed E-state index contributed by atoms with van der Waals surface area (Å²) in [6.45, 7) is 3.95. The van der Waals surface area contributed by atoms with Crippen molar-refractivity contribution in [3.05, 3.63) is 35.9 Å². The fourth-order valence-corrected chi connectivity index (χ4v) is 7.50. The number of esters is 1. The minimum Gasteiger partial charge on any atom is -0.480 e. The number of aliphatic carboxylic acids is 1. The van der Waals surface area contributed by atoms with E-state index >= 15 is 0 Å². The van der Waals surface area contributed by atoms with Crippen molar-refractivity contribution < 1.29 is 27.9 Å². The summed E-state index contributed by atoms with van der Waals surface area (Å²) in [5, 5.41) is 12.6. The van der Waals surface area contributed by atoms with Gasteiger partial charge in [0, 0.05) is 19.1 Å².